The molecular formula is C13H20N2O2. The highest BCUT2D eigenvalue weighted by molar-refractivity contribution is 5.94. The number of carbonyl (C=O) groups excluding carboxylic acids is 1. The second-order valence-corrected chi connectivity index (χ2v) is 3.68. The van der Waals surface area contributed by atoms with Gasteiger partial charge in [-0.05, 0) is 37.6 Å². The molecule has 0 aliphatic carbocycles. The molecule has 17 heavy (non-hydrogen) atoms. The average molecular weight is 236 g/mol. The lowest BCUT2D eigenvalue weighted by Gasteiger charge is -2.21. The number of amides is 1. The van der Waals surface area contributed by atoms with Gasteiger partial charge in [-0.3, -0.25) is 4.79 Å². The summed E-state index contributed by atoms with van der Waals surface area (Å²) in [5, 5.41) is 0. The highest BCUT2D eigenvalue weighted by atomic mass is 16.5. The zero-order chi connectivity index (χ0) is 12.7. The molecule has 94 valence electrons. The van der Waals surface area contributed by atoms with E-state index in [2.05, 4.69) is 0 Å². The monoisotopic (exact) mass is 236 g/mol. The van der Waals surface area contributed by atoms with Crippen molar-refractivity contribution in [2.24, 2.45) is 5.73 Å². The lowest BCUT2D eigenvalue weighted by Crippen LogP contribution is -2.36. The van der Waals surface area contributed by atoms with E-state index in [4.69, 9.17) is 10.5 Å². The van der Waals surface area contributed by atoms with E-state index < -0.39 is 0 Å². The SMILES string of the molecule is CCCN(C(=O)CN)c1ccc(OCC)cc1. The molecule has 0 unspecified atom stereocenters. The highest BCUT2D eigenvalue weighted by Gasteiger charge is 2.12. The molecule has 0 saturated heterocycles. The number of nitrogens with zero attached hydrogens (tertiary/aromatic N) is 1. The standard InChI is InChI=1S/C13H20N2O2/c1-3-9-15(13(16)10-14)11-5-7-12(8-6-11)17-4-2/h5-8H,3-4,9-10,14H2,1-2H3. The molecular weight excluding hydrogens is 216 g/mol. The summed E-state index contributed by atoms with van der Waals surface area (Å²) < 4.78 is 5.36. The molecule has 1 aromatic carbocycles. The fraction of sp³-hybridized carbons (Fsp3) is 0.462. The first-order valence-corrected chi connectivity index (χ1v) is 5.96. The molecule has 0 atom stereocenters. The molecule has 0 spiro atoms. The third kappa shape index (κ3) is 3.75. The van der Waals surface area contributed by atoms with Crippen LogP contribution in [0.3, 0.4) is 0 Å². The topological polar surface area (TPSA) is 55.6 Å². The second kappa shape index (κ2) is 6.91. The summed E-state index contributed by atoms with van der Waals surface area (Å²) in [6, 6.07) is 7.50. The maximum atomic E-state index is 11.7. The van der Waals surface area contributed by atoms with Crippen LogP contribution in [0.2, 0.25) is 0 Å². The van der Waals surface area contributed by atoms with Crippen LogP contribution >= 0.6 is 0 Å². The Labute approximate surface area is 102 Å². The number of nitrogens with two attached hydrogens (primary N) is 1. The van der Waals surface area contributed by atoms with E-state index in [9.17, 15) is 4.79 Å². The van der Waals surface area contributed by atoms with Gasteiger partial charge in [0.25, 0.3) is 0 Å². The minimum atomic E-state index is -0.0593. The van der Waals surface area contributed by atoms with E-state index in [1.165, 1.54) is 0 Å². The molecule has 0 fully saturated rings. The zero-order valence-corrected chi connectivity index (χ0v) is 10.5. The van der Waals surface area contributed by atoms with Gasteiger partial charge in [0.05, 0.1) is 13.2 Å². The Hall–Kier alpha value is -1.55. The summed E-state index contributed by atoms with van der Waals surface area (Å²) in [4.78, 5) is 13.4. The van der Waals surface area contributed by atoms with Crippen molar-refractivity contribution in [3.8, 4) is 5.75 Å². The Bertz CT molecular complexity index is 349. The van der Waals surface area contributed by atoms with Crippen molar-refractivity contribution < 1.29 is 9.53 Å². The van der Waals surface area contributed by atoms with E-state index in [1.807, 2.05) is 38.1 Å². The smallest absolute Gasteiger partial charge is 0.240 e. The molecule has 1 aromatic rings. The normalized spacial score (nSPS) is 10.1. The van der Waals surface area contributed by atoms with Gasteiger partial charge >= 0.3 is 0 Å². The molecule has 0 aliphatic heterocycles. The van der Waals surface area contributed by atoms with Crippen molar-refractivity contribution in [1.29, 1.82) is 0 Å². The summed E-state index contributed by atoms with van der Waals surface area (Å²) in [7, 11) is 0. The third-order valence-electron chi connectivity index (χ3n) is 2.38. The maximum Gasteiger partial charge on any atom is 0.240 e. The Kier molecular flexibility index (Phi) is 5.49. The number of ether oxygens (including phenoxy) is 1. The average Bonchev–Trinajstić information content (AvgIpc) is 2.37. The van der Waals surface area contributed by atoms with Gasteiger partial charge in [-0.15, -0.1) is 0 Å². The lowest BCUT2D eigenvalue weighted by molar-refractivity contribution is -0.117. The predicted octanol–water partition coefficient (Wildman–Crippen LogP) is 1.79. The van der Waals surface area contributed by atoms with Crippen LogP contribution in [0.25, 0.3) is 0 Å². The minimum Gasteiger partial charge on any atom is -0.494 e. The molecule has 0 saturated carbocycles. The van der Waals surface area contributed by atoms with E-state index in [0.29, 0.717) is 13.2 Å². The van der Waals surface area contributed by atoms with Gasteiger partial charge in [0.1, 0.15) is 5.75 Å². The first kappa shape index (κ1) is 13.5. The Morgan fingerprint density at radius 3 is 2.41 bits per heavy atom. The summed E-state index contributed by atoms with van der Waals surface area (Å²) >= 11 is 0. The molecule has 1 amide bonds. The van der Waals surface area contributed by atoms with Crippen LogP contribution in [0, 0.1) is 0 Å². The van der Waals surface area contributed by atoms with Crippen LogP contribution in [0.1, 0.15) is 20.3 Å². The Balaban J connectivity index is 2.83. The zero-order valence-electron chi connectivity index (χ0n) is 10.5. The van der Waals surface area contributed by atoms with Gasteiger partial charge in [-0.25, -0.2) is 0 Å². The predicted molar refractivity (Wildman–Crippen MR) is 69.3 cm³/mol. The van der Waals surface area contributed by atoms with Gasteiger partial charge in [0.2, 0.25) is 5.91 Å². The van der Waals surface area contributed by atoms with Crippen LogP contribution in [-0.2, 0) is 4.79 Å². The fourth-order valence-electron chi connectivity index (χ4n) is 1.62. The molecule has 0 heterocycles. The van der Waals surface area contributed by atoms with Gasteiger partial charge in [0, 0.05) is 12.2 Å². The van der Waals surface area contributed by atoms with Gasteiger partial charge in [-0.1, -0.05) is 6.92 Å². The van der Waals surface area contributed by atoms with Crippen molar-refractivity contribution in [3.63, 3.8) is 0 Å². The lowest BCUT2D eigenvalue weighted by atomic mass is 10.2. The van der Waals surface area contributed by atoms with Crippen molar-refractivity contribution >= 4 is 11.6 Å². The molecule has 4 heteroatoms. The van der Waals surface area contributed by atoms with Gasteiger partial charge in [0.15, 0.2) is 0 Å². The molecule has 1 rings (SSSR count). The van der Waals surface area contributed by atoms with Crippen molar-refractivity contribution in [2.45, 2.75) is 20.3 Å². The fourth-order valence-corrected chi connectivity index (χ4v) is 1.62. The van der Waals surface area contributed by atoms with Gasteiger partial charge in [-0.2, -0.15) is 0 Å². The van der Waals surface area contributed by atoms with Crippen molar-refractivity contribution in [3.05, 3.63) is 24.3 Å². The molecule has 0 radical (unpaired) electrons. The van der Waals surface area contributed by atoms with Crippen LogP contribution in [0.15, 0.2) is 24.3 Å². The largest absolute Gasteiger partial charge is 0.494 e. The quantitative estimate of drug-likeness (QED) is 0.819. The third-order valence-corrected chi connectivity index (χ3v) is 2.38. The second-order valence-electron chi connectivity index (χ2n) is 3.68. The van der Waals surface area contributed by atoms with E-state index in [0.717, 1.165) is 17.9 Å². The van der Waals surface area contributed by atoms with Crippen LogP contribution in [-0.4, -0.2) is 25.6 Å². The van der Waals surface area contributed by atoms with Crippen LogP contribution in [0.5, 0.6) is 5.75 Å². The number of benzene rings is 1. The van der Waals surface area contributed by atoms with Crippen LogP contribution in [0.4, 0.5) is 5.69 Å². The molecule has 0 aromatic heterocycles. The Morgan fingerprint density at radius 1 is 1.29 bits per heavy atom. The van der Waals surface area contributed by atoms with Crippen molar-refractivity contribution in [2.75, 3.05) is 24.6 Å². The van der Waals surface area contributed by atoms with E-state index in [-0.39, 0.29) is 12.5 Å². The number of rotatable bonds is 6. The maximum absolute atomic E-state index is 11.7. The van der Waals surface area contributed by atoms with Crippen LogP contribution < -0.4 is 15.4 Å². The Morgan fingerprint density at radius 2 is 1.94 bits per heavy atom. The molecule has 0 bridgehead atoms. The van der Waals surface area contributed by atoms with Gasteiger partial charge < -0.3 is 15.4 Å². The molecule has 2 N–H and O–H groups in total. The summed E-state index contributed by atoms with van der Waals surface area (Å²) in [6.45, 7) is 5.33. The van der Waals surface area contributed by atoms with E-state index in [1.54, 1.807) is 4.90 Å². The summed E-state index contributed by atoms with van der Waals surface area (Å²) in [5.74, 6) is 0.754. The number of hydrogen-bond donors (Lipinski definition) is 1. The number of carbonyl (C=O) groups is 1. The number of anilines is 1. The minimum absolute atomic E-state index is 0.0349. The summed E-state index contributed by atoms with van der Waals surface area (Å²) in [6.07, 6.45) is 0.902. The first-order valence-electron chi connectivity index (χ1n) is 5.96. The first-order chi connectivity index (χ1) is 8.22. The summed E-state index contributed by atoms with van der Waals surface area (Å²) in [5.41, 5.74) is 6.27. The molecule has 4 nitrogen and oxygen atoms in total. The molecule has 0 aliphatic rings. The number of hydrogen-bond acceptors (Lipinski definition) is 3. The highest BCUT2D eigenvalue weighted by Crippen LogP contribution is 2.19. The van der Waals surface area contributed by atoms with Crippen molar-refractivity contribution in [1.82, 2.24) is 0 Å². The van der Waals surface area contributed by atoms with E-state index >= 15 is 0 Å².